The lowest BCUT2D eigenvalue weighted by Crippen LogP contribution is -1.99. The van der Waals surface area contributed by atoms with E-state index in [0.29, 0.717) is 18.0 Å². The number of hydrogen-bond donors (Lipinski definition) is 1. The zero-order valence-corrected chi connectivity index (χ0v) is 10.4. The molecule has 5 heteroatoms. The molecule has 1 aromatic carbocycles. The first-order valence-corrected chi connectivity index (χ1v) is 5.76. The fourth-order valence-corrected chi connectivity index (χ4v) is 1.65. The maximum Gasteiger partial charge on any atom is 0.165 e. The zero-order valence-electron chi connectivity index (χ0n) is 8.86. The second kappa shape index (κ2) is 5.25. The summed E-state index contributed by atoms with van der Waals surface area (Å²) < 4.78 is 19.6. The maximum absolute atomic E-state index is 13.5. The van der Waals surface area contributed by atoms with Crippen LogP contribution in [-0.2, 0) is 6.54 Å². The normalized spacial score (nSPS) is 10.3. The summed E-state index contributed by atoms with van der Waals surface area (Å²) in [5, 5.41) is 0. The number of nitrogens with zero attached hydrogens (tertiary/aromatic N) is 1. The van der Waals surface area contributed by atoms with Gasteiger partial charge in [-0.05, 0) is 24.3 Å². The van der Waals surface area contributed by atoms with Crippen LogP contribution < -0.4 is 10.5 Å². The van der Waals surface area contributed by atoms with Gasteiger partial charge < -0.3 is 10.5 Å². The summed E-state index contributed by atoms with van der Waals surface area (Å²) in [4.78, 5) is 4.03. The summed E-state index contributed by atoms with van der Waals surface area (Å²) in [6.07, 6.45) is 1.58. The Labute approximate surface area is 107 Å². The topological polar surface area (TPSA) is 48.1 Å². The van der Waals surface area contributed by atoms with Gasteiger partial charge in [-0.2, -0.15) is 0 Å². The van der Waals surface area contributed by atoms with Crippen molar-refractivity contribution >= 4 is 15.9 Å². The van der Waals surface area contributed by atoms with Crippen molar-refractivity contribution in [2.24, 2.45) is 5.73 Å². The minimum absolute atomic E-state index is 0.161. The van der Waals surface area contributed by atoms with Crippen molar-refractivity contribution in [1.82, 2.24) is 4.98 Å². The summed E-state index contributed by atoms with van der Waals surface area (Å²) in [6, 6.07) is 7.85. The Balaban J connectivity index is 2.27. The van der Waals surface area contributed by atoms with Gasteiger partial charge in [0, 0.05) is 23.3 Å². The van der Waals surface area contributed by atoms with Gasteiger partial charge in [-0.25, -0.2) is 4.39 Å². The van der Waals surface area contributed by atoms with Crippen molar-refractivity contribution < 1.29 is 9.13 Å². The summed E-state index contributed by atoms with van der Waals surface area (Å²) >= 11 is 3.26. The molecule has 0 amide bonds. The second-order valence-corrected chi connectivity index (χ2v) is 4.28. The third-order valence-corrected chi connectivity index (χ3v) is 2.61. The molecule has 0 aliphatic heterocycles. The Morgan fingerprint density at radius 2 is 2.12 bits per heavy atom. The van der Waals surface area contributed by atoms with E-state index in [2.05, 4.69) is 20.9 Å². The van der Waals surface area contributed by atoms with Crippen LogP contribution in [0.15, 0.2) is 41.0 Å². The summed E-state index contributed by atoms with van der Waals surface area (Å²) in [6.45, 7) is 0.318. The highest BCUT2D eigenvalue weighted by molar-refractivity contribution is 9.10. The third-order valence-electron chi connectivity index (χ3n) is 2.12. The number of nitrogens with two attached hydrogens (primary N) is 1. The lowest BCUT2D eigenvalue weighted by Gasteiger charge is -2.07. The summed E-state index contributed by atoms with van der Waals surface area (Å²) in [7, 11) is 0. The van der Waals surface area contributed by atoms with Gasteiger partial charge in [0.15, 0.2) is 11.6 Å². The summed E-state index contributed by atoms with van der Waals surface area (Å²) in [5.41, 5.74) is 6.16. The van der Waals surface area contributed by atoms with Gasteiger partial charge in [-0.1, -0.05) is 15.9 Å². The van der Waals surface area contributed by atoms with Crippen LogP contribution in [0.5, 0.6) is 11.5 Å². The molecule has 1 aromatic heterocycles. The van der Waals surface area contributed by atoms with Crippen molar-refractivity contribution in [3.05, 3.63) is 52.5 Å². The Morgan fingerprint density at radius 1 is 1.29 bits per heavy atom. The Hall–Kier alpha value is -1.46. The number of benzene rings is 1. The minimum Gasteiger partial charge on any atom is -0.454 e. The molecule has 0 aliphatic carbocycles. The van der Waals surface area contributed by atoms with Crippen molar-refractivity contribution in [2.45, 2.75) is 6.54 Å². The van der Waals surface area contributed by atoms with E-state index in [-0.39, 0.29) is 5.75 Å². The van der Waals surface area contributed by atoms with Gasteiger partial charge in [0.2, 0.25) is 0 Å². The van der Waals surface area contributed by atoms with Gasteiger partial charge in [-0.3, -0.25) is 4.98 Å². The smallest absolute Gasteiger partial charge is 0.165 e. The van der Waals surface area contributed by atoms with Crippen LogP contribution in [0.3, 0.4) is 0 Å². The number of halogens is 2. The predicted molar refractivity (Wildman–Crippen MR) is 66.3 cm³/mol. The van der Waals surface area contributed by atoms with E-state index in [4.69, 9.17) is 10.5 Å². The molecular weight excluding hydrogens is 287 g/mol. The number of ether oxygens (including phenoxy) is 1. The SMILES string of the molecule is NCc1cc(Oc2cc(Br)ccc2F)ccn1. The number of rotatable bonds is 3. The average Bonchev–Trinajstić information content (AvgIpc) is 2.34. The molecular formula is C12H10BrFN2O. The lowest BCUT2D eigenvalue weighted by molar-refractivity contribution is 0.440. The van der Waals surface area contributed by atoms with Crippen molar-refractivity contribution in [1.29, 1.82) is 0 Å². The fourth-order valence-electron chi connectivity index (χ4n) is 1.31. The Bertz CT molecular complexity index is 534. The number of aromatic nitrogens is 1. The van der Waals surface area contributed by atoms with Gasteiger partial charge in [0.25, 0.3) is 0 Å². The van der Waals surface area contributed by atoms with E-state index >= 15 is 0 Å². The highest BCUT2D eigenvalue weighted by Crippen LogP contribution is 2.27. The fraction of sp³-hybridized carbons (Fsp3) is 0.0833. The van der Waals surface area contributed by atoms with E-state index in [1.54, 1.807) is 30.5 Å². The first kappa shape index (κ1) is 12.0. The zero-order chi connectivity index (χ0) is 12.3. The standard InChI is InChI=1S/C12H10BrFN2O/c13-8-1-2-11(14)12(5-8)17-10-3-4-16-9(6-10)7-15/h1-6H,7,15H2. The molecule has 0 aliphatic rings. The van der Waals surface area contributed by atoms with E-state index < -0.39 is 5.82 Å². The average molecular weight is 297 g/mol. The molecule has 0 radical (unpaired) electrons. The van der Waals surface area contributed by atoms with Gasteiger partial charge in [-0.15, -0.1) is 0 Å². The van der Waals surface area contributed by atoms with E-state index in [1.807, 2.05) is 0 Å². The van der Waals surface area contributed by atoms with Crippen LogP contribution in [0.2, 0.25) is 0 Å². The molecule has 0 atom stereocenters. The second-order valence-electron chi connectivity index (χ2n) is 3.36. The van der Waals surface area contributed by atoms with Crippen molar-refractivity contribution in [2.75, 3.05) is 0 Å². The Morgan fingerprint density at radius 3 is 2.88 bits per heavy atom. The highest BCUT2D eigenvalue weighted by Gasteiger charge is 2.06. The van der Waals surface area contributed by atoms with E-state index in [0.717, 1.165) is 4.47 Å². The monoisotopic (exact) mass is 296 g/mol. The largest absolute Gasteiger partial charge is 0.454 e. The molecule has 0 spiro atoms. The molecule has 0 saturated heterocycles. The van der Waals surface area contributed by atoms with Crippen LogP contribution in [-0.4, -0.2) is 4.98 Å². The van der Waals surface area contributed by atoms with Crippen LogP contribution in [0.25, 0.3) is 0 Å². The third kappa shape index (κ3) is 3.01. The molecule has 0 fully saturated rings. The van der Waals surface area contributed by atoms with Crippen LogP contribution in [0.4, 0.5) is 4.39 Å². The Kier molecular flexibility index (Phi) is 3.71. The van der Waals surface area contributed by atoms with Crippen LogP contribution in [0, 0.1) is 5.82 Å². The molecule has 17 heavy (non-hydrogen) atoms. The molecule has 2 N–H and O–H groups in total. The number of pyridine rings is 1. The van der Waals surface area contributed by atoms with Gasteiger partial charge >= 0.3 is 0 Å². The summed E-state index contributed by atoms with van der Waals surface area (Å²) in [5.74, 6) is 0.255. The molecule has 1 heterocycles. The molecule has 2 aromatic rings. The highest BCUT2D eigenvalue weighted by atomic mass is 79.9. The molecule has 3 nitrogen and oxygen atoms in total. The first-order chi connectivity index (χ1) is 8.19. The van der Waals surface area contributed by atoms with E-state index in [9.17, 15) is 4.39 Å². The number of hydrogen-bond acceptors (Lipinski definition) is 3. The minimum atomic E-state index is -0.417. The van der Waals surface area contributed by atoms with E-state index in [1.165, 1.54) is 6.07 Å². The molecule has 0 bridgehead atoms. The van der Waals surface area contributed by atoms with Crippen molar-refractivity contribution in [3.8, 4) is 11.5 Å². The van der Waals surface area contributed by atoms with Gasteiger partial charge in [0.1, 0.15) is 5.75 Å². The van der Waals surface area contributed by atoms with Gasteiger partial charge in [0.05, 0.1) is 5.69 Å². The first-order valence-electron chi connectivity index (χ1n) is 4.97. The maximum atomic E-state index is 13.5. The predicted octanol–water partition coefficient (Wildman–Crippen LogP) is 3.23. The molecule has 88 valence electrons. The molecule has 2 rings (SSSR count). The quantitative estimate of drug-likeness (QED) is 0.946. The van der Waals surface area contributed by atoms with Crippen molar-refractivity contribution in [3.63, 3.8) is 0 Å². The molecule has 0 saturated carbocycles. The van der Waals surface area contributed by atoms with Crippen LogP contribution in [0.1, 0.15) is 5.69 Å². The lowest BCUT2D eigenvalue weighted by atomic mass is 10.3. The molecule has 0 unspecified atom stereocenters. The van der Waals surface area contributed by atoms with Crippen LogP contribution >= 0.6 is 15.9 Å².